The van der Waals surface area contributed by atoms with E-state index in [0.29, 0.717) is 12.0 Å². The molecule has 0 radical (unpaired) electrons. The lowest BCUT2D eigenvalue weighted by atomic mass is 9.94. The first-order valence-electron chi connectivity index (χ1n) is 8.78. The van der Waals surface area contributed by atoms with Gasteiger partial charge in [-0.1, -0.05) is 72.8 Å². The fraction of sp³-hybridized carbons (Fsp3) is 0.174. The normalized spacial score (nSPS) is 11.8. The quantitative estimate of drug-likeness (QED) is 0.670. The molecule has 1 amide bonds. The van der Waals surface area contributed by atoms with E-state index in [2.05, 4.69) is 5.32 Å². The molecule has 0 aliphatic heterocycles. The van der Waals surface area contributed by atoms with Crippen LogP contribution in [-0.2, 0) is 11.2 Å². The molecule has 2 nitrogen and oxygen atoms in total. The van der Waals surface area contributed by atoms with Crippen LogP contribution in [0.3, 0.4) is 0 Å². The van der Waals surface area contributed by atoms with Crippen LogP contribution in [0.5, 0.6) is 0 Å². The van der Waals surface area contributed by atoms with E-state index in [4.69, 9.17) is 0 Å². The highest BCUT2D eigenvalue weighted by atomic mass is 19.1. The van der Waals surface area contributed by atoms with E-state index in [1.54, 1.807) is 18.2 Å². The lowest BCUT2D eigenvalue weighted by molar-refractivity contribution is -0.121. The highest BCUT2D eigenvalue weighted by Gasteiger charge is 2.18. The molecule has 0 saturated heterocycles. The van der Waals surface area contributed by atoms with Crippen LogP contribution in [-0.4, -0.2) is 5.91 Å². The van der Waals surface area contributed by atoms with Gasteiger partial charge in [0.15, 0.2) is 0 Å². The molecule has 0 heterocycles. The molecule has 26 heavy (non-hydrogen) atoms. The van der Waals surface area contributed by atoms with Gasteiger partial charge in [-0.25, -0.2) is 4.39 Å². The van der Waals surface area contributed by atoms with Gasteiger partial charge >= 0.3 is 0 Å². The van der Waals surface area contributed by atoms with Crippen LogP contribution >= 0.6 is 0 Å². The number of rotatable bonds is 6. The number of carbonyl (C=O) groups excluding carboxylic acids is 1. The van der Waals surface area contributed by atoms with Crippen molar-refractivity contribution in [3.8, 4) is 0 Å². The van der Waals surface area contributed by atoms with Crippen LogP contribution in [0.25, 0.3) is 0 Å². The van der Waals surface area contributed by atoms with Crippen molar-refractivity contribution in [2.75, 3.05) is 0 Å². The summed E-state index contributed by atoms with van der Waals surface area (Å²) in [7, 11) is 0. The third-order valence-electron chi connectivity index (χ3n) is 4.52. The summed E-state index contributed by atoms with van der Waals surface area (Å²) in [6, 6.07) is 24.3. The smallest absolute Gasteiger partial charge is 0.221 e. The van der Waals surface area contributed by atoms with Crippen LogP contribution in [0.15, 0.2) is 78.9 Å². The van der Waals surface area contributed by atoms with E-state index < -0.39 is 0 Å². The van der Waals surface area contributed by atoms with Gasteiger partial charge in [-0.3, -0.25) is 4.79 Å². The van der Waals surface area contributed by atoms with Crippen molar-refractivity contribution in [3.05, 3.63) is 107 Å². The van der Waals surface area contributed by atoms with Gasteiger partial charge in [0, 0.05) is 6.42 Å². The molecule has 1 atom stereocenters. The molecular formula is C23H22FNO. The second kappa shape index (κ2) is 8.43. The summed E-state index contributed by atoms with van der Waals surface area (Å²) in [5.41, 5.74) is 3.78. The van der Waals surface area contributed by atoms with Crippen molar-refractivity contribution in [1.29, 1.82) is 0 Å². The maximum absolute atomic E-state index is 13.8. The monoisotopic (exact) mass is 347 g/mol. The van der Waals surface area contributed by atoms with Gasteiger partial charge in [0.05, 0.1) is 6.04 Å². The average molecular weight is 347 g/mol. The Morgan fingerprint density at radius 1 is 0.923 bits per heavy atom. The fourth-order valence-electron chi connectivity index (χ4n) is 3.08. The molecule has 0 aliphatic rings. The van der Waals surface area contributed by atoms with E-state index in [1.165, 1.54) is 6.07 Å². The Bertz CT molecular complexity index is 876. The summed E-state index contributed by atoms with van der Waals surface area (Å²) in [6.45, 7) is 2.04. The molecule has 0 aromatic heterocycles. The third-order valence-corrected chi connectivity index (χ3v) is 4.52. The minimum absolute atomic E-state index is 0.0923. The zero-order chi connectivity index (χ0) is 18.4. The second-order valence-corrected chi connectivity index (χ2v) is 6.36. The van der Waals surface area contributed by atoms with Crippen molar-refractivity contribution in [1.82, 2.24) is 5.32 Å². The Labute approximate surface area is 153 Å². The summed E-state index contributed by atoms with van der Waals surface area (Å²) < 4.78 is 13.8. The van der Waals surface area contributed by atoms with Crippen molar-refractivity contribution >= 4 is 5.91 Å². The Kier molecular flexibility index (Phi) is 5.80. The maximum atomic E-state index is 13.8. The molecule has 0 aliphatic carbocycles. The summed E-state index contributed by atoms with van der Waals surface area (Å²) in [5.74, 6) is -0.357. The van der Waals surface area contributed by atoms with E-state index in [0.717, 1.165) is 16.7 Å². The summed E-state index contributed by atoms with van der Waals surface area (Å²) in [5, 5.41) is 3.12. The largest absolute Gasteiger partial charge is 0.345 e. The lowest BCUT2D eigenvalue weighted by Crippen LogP contribution is -2.30. The predicted molar refractivity (Wildman–Crippen MR) is 102 cm³/mol. The minimum atomic E-state index is -0.265. The number of halogens is 1. The third kappa shape index (κ3) is 4.37. The molecule has 3 rings (SSSR count). The topological polar surface area (TPSA) is 29.1 Å². The van der Waals surface area contributed by atoms with Crippen LogP contribution < -0.4 is 5.32 Å². The first kappa shape index (κ1) is 17.9. The second-order valence-electron chi connectivity index (χ2n) is 6.36. The molecule has 0 fully saturated rings. The standard InChI is InChI=1S/C23H22FNO/c1-17-9-5-7-13-20(17)23(19-11-3-2-4-12-19)25-22(26)16-15-18-10-6-8-14-21(18)24/h2-14,23H,15-16H2,1H3,(H,25,26)/t23-/m0/s1. The van der Waals surface area contributed by atoms with E-state index in [-0.39, 0.29) is 24.2 Å². The summed E-state index contributed by atoms with van der Waals surface area (Å²) >= 11 is 0. The first-order chi connectivity index (χ1) is 12.6. The fourth-order valence-corrected chi connectivity index (χ4v) is 3.08. The van der Waals surface area contributed by atoms with Gasteiger partial charge in [0.1, 0.15) is 5.82 Å². The summed E-state index contributed by atoms with van der Waals surface area (Å²) in [4.78, 5) is 12.6. The van der Waals surface area contributed by atoms with Gasteiger partial charge < -0.3 is 5.32 Å². The summed E-state index contributed by atoms with van der Waals surface area (Å²) in [6.07, 6.45) is 0.629. The van der Waals surface area contributed by atoms with Gasteiger partial charge in [-0.15, -0.1) is 0 Å². The van der Waals surface area contributed by atoms with E-state index in [1.807, 2.05) is 61.5 Å². The van der Waals surface area contributed by atoms with Crippen molar-refractivity contribution in [2.24, 2.45) is 0 Å². The van der Waals surface area contributed by atoms with Gasteiger partial charge in [0.2, 0.25) is 5.91 Å². The molecule has 3 aromatic rings. The molecule has 0 bridgehead atoms. The molecule has 3 heteroatoms. The number of aryl methyl sites for hydroxylation is 2. The van der Waals surface area contributed by atoms with E-state index >= 15 is 0 Å². The number of hydrogen-bond acceptors (Lipinski definition) is 1. The van der Waals surface area contributed by atoms with Crippen molar-refractivity contribution in [2.45, 2.75) is 25.8 Å². The SMILES string of the molecule is Cc1ccccc1[C@@H](NC(=O)CCc1ccccc1F)c1ccccc1. The molecule has 0 spiro atoms. The van der Waals surface area contributed by atoms with Gasteiger partial charge in [-0.05, 0) is 41.7 Å². The molecule has 0 saturated carbocycles. The van der Waals surface area contributed by atoms with Gasteiger partial charge in [0.25, 0.3) is 0 Å². The average Bonchev–Trinajstić information content (AvgIpc) is 2.67. The van der Waals surface area contributed by atoms with Crippen molar-refractivity contribution in [3.63, 3.8) is 0 Å². The molecular weight excluding hydrogens is 325 g/mol. The van der Waals surface area contributed by atoms with Crippen molar-refractivity contribution < 1.29 is 9.18 Å². The van der Waals surface area contributed by atoms with Crippen LogP contribution in [0.4, 0.5) is 4.39 Å². The Balaban J connectivity index is 1.77. The highest BCUT2D eigenvalue weighted by Crippen LogP contribution is 2.25. The minimum Gasteiger partial charge on any atom is -0.345 e. The number of carbonyl (C=O) groups is 1. The Morgan fingerprint density at radius 2 is 1.58 bits per heavy atom. The number of hydrogen-bond donors (Lipinski definition) is 1. The zero-order valence-electron chi connectivity index (χ0n) is 14.8. The highest BCUT2D eigenvalue weighted by molar-refractivity contribution is 5.77. The number of amides is 1. The molecule has 1 N–H and O–H groups in total. The van der Waals surface area contributed by atoms with Gasteiger partial charge in [-0.2, -0.15) is 0 Å². The molecule has 0 unspecified atom stereocenters. The molecule has 3 aromatic carbocycles. The van der Waals surface area contributed by atoms with Crippen LogP contribution in [0.2, 0.25) is 0 Å². The number of benzene rings is 3. The number of nitrogens with one attached hydrogen (secondary N) is 1. The van der Waals surface area contributed by atoms with Crippen LogP contribution in [0, 0.1) is 12.7 Å². The zero-order valence-corrected chi connectivity index (χ0v) is 14.8. The van der Waals surface area contributed by atoms with E-state index in [9.17, 15) is 9.18 Å². The Hall–Kier alpha value is -2.94. The van der Waals surface area contributed by atoms with Crippen LogP contribution in [0.1, 0.15) is 34.7 Å². The Morgan fingerprint density at radius 3 is 2.31 bits per heavy atom. The first-order valence-corrected chi connectivity index (χ1v) is 8.78. The lowest BCUT2D eigenvalue weighted by Gasteiger charge is -2.21. The molecule has 132 valence electrons. The predicted octanol–water partition coefficient (Wildman–Crippen LogP) is 4.97. The maximum Gasteiger partial charge on any atom is 0.221 e.